The molecule has 0 heterocycles. The molecule has 0 spiro atoms. The lowest BCUT2D eigenvalue weighted by Crippen LogP contribution is -2.23. The Balaban J connectivity index is 2.31. The molecule has 0 amide bonds. The van der Waals surface area contributed by atoms with Crippen molar-refractivity contribution in [1.29, 1.82) is 0 Å². The first kappa shape index (κ1) is 28.3. The minimum atomic E-state index is -0.822. The number of ether oxygens (including phenoxy) is 2. The van der Waals surface area contributed by atoms with Crippen molar-refractivity contribution in [2.24, 2.45) is 11.8 Å². The Hall–Kier alpha value is -1.73. The number of Topliss-reactive ketones (excluding diaryl/α,β-unsaturated/α-hetero) is 2. The van der Waals surface area contributed by atoms with E-state index in [2.05, 4.69) is 11.7 Å². The van der Waals surface area contributed by atoms with E-state index in [0.29, 0.717) is 19.3 Å². The van der Waals surface area contributed by atoms with Crippen LogP contribution in [0.1, 0.15) is 91.4 Å². The largest absolute Gasteiger partial charge is 0.508 e. The molecule has 1 fully saturated rings. The number of unbranched alkanes of at least 4 members (excludes halogenated alkanes) is 4. The lowest BCUT2D eigenvalue weighted by atomic mass is 9.87. The van der Waals surface area contributed by atoms with Crippen LogP contribution >= 0.6 is 0 Å². The summed E-state index contributed by atoms with van der Waals surface area (Å²) in [4.78, 5) is 35.1. The van der Waals surface area contributed by atoms with E-state index in [1.54, 1.807) is 6.92 Å². The van der Waals surface area contributed by atoms with Gasteiger partial charge in [0.1, 0.15) is 5.78 Å². The van der Waals surface area contributed by atoms with Crippen molar-refractivity contribution in [3.63, 3.8) is 0 Å². The Labute approximate surface area is 192 Å². The van der Waals surface area contributed by atoms with Crippen molar-refractivity contribution in [3.8, 4) is 0 Å². The number of ketones is 2. The van der Waals surface area contributed by atoms with Gasteiger partial charge in [0.25, 0.3) is 0 Å². The molecule has 1 rings (SSSR count). The molecule has 0 radical (unpaired) electrons. The van der Waals surface area contributed by atoms with E-state index in [-0.39, 0.29) is 43.0 Å². The SMILES string of the molecule is CCCCC(C)(O)C/C=C/[C@H]1[C@H](O)CC(=O)[C@@H]1CCCCCCC(=O)COC(=O)OCC. The van der Waals surface area contributed by atoms with Gasteiger partial charge in [-0.25, -0.2) is 4.79 Å². The molecule has 0 aromatic rings. The number of aliphatic hydroxyl groups excluding tert-OH is 1. The molecule has 4 atom stereocenters. The van der Waals surface area contributed by atoms with Crippen LogP contribution in [-0.2, 0) is 19.1 Å². The summed E-state index contributed by atoms with van der Waals surface area (Å²) in [5.41, 5.74) is -0.756. The summed E-state index contributed by atoms with van der Waals surface area (Å²) in [6, 6.07) is 0. The van der Waals surface area contributed by atoms with Crippen LogP contribution in [0.4, 0.5) is 4.79 Å². The van der Waals surface area contributed by atoms with Gasteiger partial charge in [-0.05, 0) is 39.5 Å². The van der Waals surface area contributed by atoms with E-state index in [4.69, 9.17) is 4.74 Å². The molecular formula is C25H42O7. The van der Waals surface area contributed by atoms with E-state index in [0.717, 1.165) is 44.9 Å². The van der Waals surface area contributed by atoms with E-state index in [1.165, 1.54) is 0 Å². The minimum absolute atomic E-state index is 0.108. The molecule has 184 valence electrons. The fraction of sp³-hybridized carbons (Fsp3) is 0.800. The summed E-state index contributed by atoms with van der Waals surface area (Å²) in [6.07, 6.45) is 10.2. The van der Waals surface area contributed by atoms with E-state index in [1.807, 2.05) is 19.1 Å². The monoisotopic (exact) mass is 454 g/mol. The van der Waals surface area contributed by atoms with Gasteiger partial charge in [0.05, 0.1) is 18.3 Å². The van der Waals surface area contributed by atoms with Crippen LogP contribution in [0, 0.1) is 11.8 Å². The Bertz CT molecular complexity index is 611. The second kappa shape index (κ2) is 15.2. The summed E-state index contributed by atoms with van der Waals surface area (Å²) in [7, 11) is 0. The van der Waals surface area contributed by atoms with Gasteiger partial charge in [-0.1, -0.05) is 51.2 Å². The van der Waals surface area contributed by atoms with Gasteiger partial charge >= 0.3 is 6.16 Å². The summed E-state index contributed by atoms with van der Waals surface area (Å²) in [5, 5.41) is 20.7. The van der Waals surface area contributed by atoms with Crippen LogP contribution < -0.4 is 0 Å². The molecule has 0 aliphatic heterocycles. The predicted octanol–water partition coefficient (Wildman–Crippen LogP) is 4.52. The topological polar surface area (TPSA) is 110 Å². The lowest BCUT2D eigenvalue weighted by molar-refractivity contribution is -0.123. The van der Waals surface area contributed by atoms with Gasteiger partial charge in [-0.2, -0.15) is 0 Å². The zero-order valence-corrected chi connectivity index (χ0v) is 20.0. The molecule has 0 bridgehead atoms. The fourth-order valence-corrected chi connectivity index (χ4v) is 4.14. The zero-order chi connectivity index (χ0) is 24.0. The van der Waals surface area contributed by atoms with Crippen LogP contribution in [0.3, 0.4) is 0 Å². The molecule has 2 N–H and O–H groups in total. The van der Waals surface area contributed by atoms with Crippen molar-refractivity contribution < 1.29 is 34.1 Å². The average molecular weight is 455 g/mol. The third-order valence-electron chi connectivity index (χ3n) is 6.05. The standard InChI is InChI=1S/C25H42O7/c1-4-6-15-25(3,30)16-11-14-21-20(22(27)17-23(21)28)13-10-8-7-9-12-19(26)18-32-24(29)31-5-2/h11,14,20-21,23,28,30H,4-10,12-13,15-18H2,1-3H3/b14-11+/t20-,21-,23-,25?/m1/s1. The fourth-order valence-electron chi connectivity index (χ4n) is 4.14. The summed E-state index contributed by atoms with van der Waals surface area (Å²) < 4.78 is 9.31. The first-order chi connectivity index (χ1) is 15.2. The van der Waals surface area contributed by atoms with Gasteiger partial charge in [-0.15, -0.1) is 0 Å². The first-order valence-corrected chi connectivity index (χ1v) is 12.1. The second-order valence-electron chi connectivity index (χ2n) is 9.12. The maximum Gasteiger partial charge on any atom is 0.508 e. The number of rotatable bonds is 16. The molecule has 1 aliphatic rings. The van der Waals surface area contributed by atoms with Crippen LogP contribution in [0.5, 0.6) is 0 Å². The number of carbonyl (C=O) groups is 3. The number of aliphatic hydroxyl groups is 2. The molecular weight excluding hydrogens is 412 g/mol. The van der Waals surface area contributed by atoms with Crippen molar-refractivity contribution in [1.82, 2.24) is 0 Å². The molecule has 7 nitrogen and oxygen atoms in total. The minimum Gasteiger partial charge on any atom is -0.435 e. The van der Waals surface area contributed by atoms with Crippen LogP contribution in [0.2, 0.25) is 0 Å². The number of hydrogen-bond acceptors (Lipinski definition) is 7. The number of hydrogen-bond donors (Lipinski definition) is 2. The van der Waals surface area contributed by atoms with E-state index < -0.39 is 17.9 Å². The molecule has 0 aromatic heterocycles. The Morgan fingerprint density at radius 3 is 2.53 bits per heavy atom. The molecule has 7 heteroatoms. The maximum absolute atomic E-state index is 12.3. The third kappa shape index (κ3) is 11.2. The zero-order valence-electron chi connectivity index (χ0n) is 20.0. The smallest absolute Gasteiger partial charge is 0.435 e. The van der Waals surface area contributed by atoms with E-state index in [9.17, 15) is 24.6 Å². The molecule has 1 unspecified atom stereocenters. The predicted molar refractivity (Wildman–Crippen MR) is 122 cm³/mol. The Morgan fingerprint density at radius 1 is 1.12 bits per heavy atom. The molecule has 1 saturated carbocycles. The van der Waals surface area contributed by atoms with Gasteiger partial charge in [0, 0.05) is 24.7 Å². The van der Waals surface area contributed by atoms with Crippen LogP contribution in [-0.4, -0.2) is 52.9 Å². The van der Waals surface area contributed by atoms with Gasteiger partial charge in [0.2, 0.25) is 0 Å². The molecule has 32 heavy (non-hydrogen) atoms. The van der Waals surface area contributed by atoms with Crippen molar-refractivity contribution >= 4 is 17.7 Å². The third-order valence-corrected chi connectivity index (χ3v) is 6.05. The highest BCUT2D eigenvalue weighted by Crippen LogP contribution is 2.34. The van der Waals surface area contributed by atoms with Crippen LogP contribution in [0.15, 0.2) is 12.2 Å². The normalized spacial score (nSPS) is 22.8. The summed E-state index contributed by atoms with van der Waals surface area (Å²) in [5.74, 6) is -0.393. The van der Waals surface area contributed by atoms with Crippen molar-refractivity contribution in [2.75, 3.05) is 13.2 Å². The van der Waals surface area contributed by atoms with Gasteiger partial charge in [-0.3, -0.25) is 9.59 Å². The van der Waals surface area contributed by atoms with Crippen LogP contribution in [0.25, 0.3) is 0 Å². The van der Waals surface area contributed by atoms with Crippen molar-refractivity contribution in [3.05, 3.63) is 12.2 Å². The number of carbonyl (C=O) groups excluding carboxylic acids is 3. The van der Waals surface area contributed by atoms with Crippen molar-refractivity contribution in [2.45, 2.75) is 103 Å². The lowest BCUT2D eigenvalue weighted by Gasteiger charge is -2.22. The average Bonchev–Trinajstić information content (AvgIpc) is 3.00. The van der Waals surface area contributed by atoms with E-state index >= 15 is 0 Å². The Kier molecular flexibility index (Phi) is 13.4. The molecule has 0 saturated heterocycles. The first-order valence-electron chi connectivity index (χ1n) is 12.1. The Morgan fingerprint density at radius 2 is 1.84 bits per heavy atom. The molecule has 1 aliphatic carbocycles. The maximum atomic E-state index is 12.3. The summed E-state index contributed by atoms with van der Waals surface area (Å²) in [6.45, 7) is 5.54. The second-order valence-corrected chi connectivity index (χ2v) is 9.12. The van der Waals surface area contributed by atoms with Gasteiger partial charge < -0.3 is 19.7 Å². The summed E-state index contributed by atoms with van der Waals surface area (Å²) >= 11 is 0. The quantitative estimate of drug-likeness (QED) is 0.200. The molecule has 0 aromatic carbocycles. The highest BCUT2D eigenvalue weighted by molar-refractivity contribution is 5.84. The highest BCUT2D eigenvalue weighted by Gasteiger charge is 2.39. The highest BCUT2D eigenvalue weighted by atomic mass is 16.7. The van der Waals surface area contributed by atoms with Gasteiger partial charge in [0.15, 0.2) is 12.4 Å².